The quantitative estimate of drug-likeness (QED) is 0.109. The van der Waals surface area contributed by atoms with Crippen molar-refractivity contribution in [1.29, 1.82) is 0 Å². The topological polar surface area (TPSA) is 268 Å². The summed E-state index contributed by atoms with van der Waals surface area (Å²) in [6.07, 6.45) is -5.92. The van der Waals surface area contributed by atoms with Crippen molar-refractivity contribution in [1.82, 2.24) is 34.1 Å². The van der Waals surface area contributed by atoms with Gasteiger partial charge in [0.2, 0.25) is 0 Å². The average Bonchev–Trinajstić information content (AvgIpc) is 3.77. The molecule has 4 aromatic rings. The molecule has 7 N–H and O–H groups in total. The summed E-state index contributed by atoms with van der Waals surface area (Å²) in [6, 6.07) is 1.66. The van der Waals surface area contributed by atoms with Gasteiger partial charge in [0.05, 0.1) is 0 Å². The van der Waals surface area contributed by atoms with E-state index in [2.05, 4.69) is 49.4 Å². The Morgan fingerprint density at radius 1 is 1.09 bits per heavy atom. The molecule has 0 spiro atoms. The van der Waals surface area contributed by atoms with Crippen LogP contribution in [0.15, 0.2) is 29.7 Å². The van der Waals surface area contributed by atoms with Gasteiger partial charge in [0.1, 0.15) is 0 Å². The summed E-state index contributed by atoms with van der Waals surface area (Å²) in [7, 11) is -2.69. The summed E-state index contributed by atoms with van der Waals surface area (Å²) in [5, 5.41) is 23.2. The minimum atomic E-state index is -4.27. The number of aliphatic hydroxyl groups is 2. The van der Waals surface area contributed by atoms with Crippen LogP contribution in [-0.2, 0) is 36.7 Å². The van der Waals surface area contributed by atoms with Crippen molar-refractivity contribution in [2.24, 2.45) is 0 Å². The molecular weight excluding hydrogens is 692 g/mol. The number of fused-ring (bicyclic) bond motifs is 5. The molecule has 7 heterocycles. The number of nitrogen functional groups attached to an aromatic ring is 2. The van der Waals surface area contributed by atoms with Gasteiger partial charge in [0.15, 0.2) is 0 Å². The second-order valence-electron chi connectivity index (χ2n) is 10.6. The molecule has 46 heavy (non-hydrogen) atoms. The first kappa shape index (κ1) is 32.1. The molecule has 3 aliphatic heterocycles. The molecule has 4 aromatic heterocycles. The van der Waals surface area contributed by atoms with Gasteiger partial charge in [0.25, 0.3) is 0 Å². The molecule has 2 bridgehead atoms. The third-order valence-corrected chi connectivity index (χ3v) is 12.3. The summed E-state index contributed by atoms with van der Waals surface area (Å²) < 4.78 is 57.7. The molecule has 0 aliphatic carbocycles. The predicted octanol–water partition coefficient (Wildman–Crippen LogP) is 0.0867. The fourth-order valence-electron chi connectivity index (χ4n) is 5.60. The fraction of sp³-hybridized carbons (Fsp3) is 0.500. The van der Waals surface area contributed by atoms with Crippen LogP contribution in [0, 0.1) is 0 Å². The number of imidazole rings is 1. The van der Waals surface area contributed by atoms with Gasteiger partial charge in [-0.15, -0.1) is 0 Å². The van der Waals surface area contributed by atoms with E-state index in [9.17, 15) is 19.6 Å². The molecule has 3 aliphatic rings. The molecule has 0 aromatic carbocycles. The van der Waals surface area contributed by atoms with Gasteiger partial charge >= 0.3 is 269 Å². The monoisotopic (exact) mass is 721 g/mol. The summed E-state index contributed by atoms with van der Waals surface area (Å²) in [5.74, 6) is 0.0424. The van der Waals surface area contributed by atoms with E-state index in [-0.39, 0.29) is 29.5 Å². The second kappa shape index (κ2) is 11.9. The molecule has 0 saturated carbocycles. The first-order valence-electron chi connectivity index (χ1n) is 13.6. The standard InChI is InChI=1S/C22H29N9O11P2S2/c1-36-44(46)38-5-10-14(13(33)20(40-10)30-3-2-8-16(23)25-6-26-17(8)30)41-43(35,45)37-4-9-12(32)15(42-44)21(39-9)31-7-27-11-18(31)28-22(24)29-19(11)34/h2-3,6-7,9-10,12-15,20-21,32-33,44,46H,4-5H2,1H3,(H,35,45)(H2,23,25,26)(H3,24,28,29,34). The number of aromatic nitrogens is 7. The van der Waals surface area contributed by atoms with Crippen molar-refractivity contribution in [2.75, 3.05) is 31.8 Å². The van der Waals surface area contributed by atoms with Crippen molar-refractivity contribution >= 4 is 72.4 Å². The van der Waals surface area contributed by atoms with E-state index < -0.39 is 75.2 Å². The van der Waals surface area contributed by atoms with E-state index in [4.69, 9.17) is 43.6 Å². The first-order chi connectivity index (χ1) is 21.9. The molecule has 9 atom stereocenters. The number of nitrogens with one attached hydrogen (secondary N) is 1. The third kappa shape index (κ3) is 5.60. The maximum absolute atomic E-state index is 13.5. The number of H-pyrrole nitrogens is 1. The number of aromatic amines is 1. The van der Waals surface area contributed by atoms with E-state index >= 15 is 0 Å². The number of nitrogens with two attached hydrogens (primary N) is 2. The zero-order chi connectivity index (χ0) is 32.5. The number of hydrogen-bond acceptors (Lipinski definition) is 18. The molecule has 24 heteroatoms. The Balaban J connectivity index is 1.22. The van der Waals surface area contributed by atoms with Crippen molar-refractivity contribution < 1.29 is 46.9 Å². The maximum atomic E-state index is 13.5. The molecule has 7 rings (SSSR count). The molecule has 3 fully saturated rings. The van der Waals surface area contributed by atoms with Gasteiger partial charge < -0.3 is 0 Å². The van der Waals surface area contributed by atoms with Crippen molar-refractivity contribution in [3.05, 3.63) is 35.3 Å². The summed E-state index contributed by atoms with van der Waals surface area (Å²) in [5.41, 5.74) is 11.5. The van der Waals surface area contributed by atoms with Crippen LogP contribution in [0.3, 0.4) is 0 Å². The van der Waals surface area contributed by atoms with Gasteiger partial charge in [-0.05, 0) is 0 Å². The van der Waals surface area contributed by atoms with Gasteiger partial charge in [0, 0.05) is 0 Å². The van der Waals surface area contributed by atoms with Gasteiger partial charge in [-0.1, -0.05) is 0 Å². The Hall–Kier alpha value is -2.43. The summed E-state index contributed by atoms with van der Waals surface area (Å²) >= 11 is 8.69. The molecule has 3 saturated heterocycles. The minimum absolute atomic E-state index is 0.0366. The summed E-state index contributed by atoms with van der Waals surface area (Å²) in [4.78, 5) is 31.2. The van der Waals surface area contributed by atoms with Gasteiger partial charge in [-0.2, -0.15) is 0 Å². The first-order valence-corrected chi connectivity index (χ1v) is 19.3. The van der Waals surface area contributed by atoms with E-state index in [1.165, 1.54) is 28.9 Å². The Bertz CT molecular complexity index is 1900. The normalized spacial score (nSPS) is 35.8. The van der Waals surface area contributed by atoms with E-state index in [1.54, 1.807) is 12.3 Å². The number of hydrogen-bond donors (Lipinski definition) is 7. The summed E-state index contributed by atoms with van der Waals surface area (Å²) in [6.45, 7) is -5.13. The van der Waals surface area contributed by atoms with Crippen LogP contribution in [0.4, 0.5) is 11.8 Å². The van der Waals surface area contributed by atoms with Crippen molar-refractivity contribution in [3.63, 3.8) is 0 Å². The van der Waals surface area contributed by atoms with Crippen LogP contribution in [-0.4, -0.2) is 101 Å². The SMILES string of the molecule is CO[PH]1(S)OCC2OC(n3ccc4c(N)ncnc43)C(O)C2OP(=O)(S)OCC2OC(n3cnc4c(=O)[nH]c(N)nc43)C(O1)C2O. The number of rotatable bonds is 3. The van der Waals surface area contributed by atoms with Crippen molar-refractivity contribution in [3.8, 4) is 0 Å². The number of aliphatic hydroxyl groups excluding tert-OH is 2. The zero-order valence-electron chi connectivity index (χ0n) is 23.6. The molecule has 20 nitrogen and oxygen atoms in total. The second-order valence-corrected chi connectivity index (χ2v) is 17.1. The van der Waals surface area contributed by atoms with Crippen LogP contribution in [0.5, 0.6) is 0 Å². The van der Waals surface area contributed by atoms with E-state index in [1.807, 2.05) is 0 Å². The van der Waals surface area contributed by atoms with Crippen LogP contribution < -0.4 is 17.0 Å². The predicted molar refractivity (Wildman–Crippen MR) is 167 cm³/mol. The van der Waals surface area contributed by atoms with Crippen molar-refractivity contribution in [2.45, 2.75) is 49.1 Å². The Morgan fingerprint density at radius 3 is 2.65 bits per heavy atom. The van der Waals surface area contributed by atoms with E-state index in [0.717, 1.165) is 0 Å². The molecule has 9 unspecified atom stereocenters. The Labute approximate surface area is 269 Å². The number of ether oxygens (including phenoxy) is 2. The van der Waals surface area contributed by atoms with Crippen LogP contribution in [0.25, 0.3) is 22.2 Å². The molecule has 250 valence electrons. The van der Waals surface area contributed by atoms with Gasteiger partial charge in [-0.3, -0.25) is 0 Å². The molecular formula is C22H29N9O11P2S2. The number of nitrogens with zero attached hydrogens (tertiary/aromatic N) is 6. The van der Waals surface area contributed by atoms with E-state index in [0.29, 0.717) is 11.0 Å². The number of anilines is 2. The Morgan fingerprint density at radius 2 is 1.87 bits per heavy atom. The van der Waals surface area contributed by atoms with Gasteiger partial charge in [-0.25, -0.2) is 0 Å². The van der Waals surface area contributed by atoms with Crippen LogP contribution >= 0.6 is 38.4 Å². The van der Waals surface area contributed by atoms with Crippen LogP contribution in [0.1, 0.15) is 12.5 Å². The third-order valence-electron chi connectivity index (χ3n) is 7.79. The Kier molecular flexibility index (Phi) is 8.32. The number of thiol groups is 2. The van der Waals surface area contributed by atoms with Crippen LogP contribution in [0.2, 0.25) is 0 Å². The zero-order valence-corrected chi connectivity index (χ0v) is 27.3. The average molecular weight is 722 g/mol. The molecule has 0 amide bonds. The fourth-order valence-corrected chi connectivity index (χ4v) is 8.93. The molecule has 0 radical (unpaired) electrons.